The van der Waals surface area contributed by atoms with Gasteiger partial charge in [-0.1, -0.05) is 0 Å². The Morgan fingerprint density at radius 2 is 1.25 bits per heavy atom. The Balaban J connectivity index is 1.76. The molecule has 16 heavy (non-hydrogen) atoms. The first-order valence-corrected chi connectivity index (χ1v) is 12.9. The molecule has 0 aromatic rings. The van der Waals surface area contributed by atoms with E-state index in [1.807, 2.05) is 15.7 Å². The number of allylic oxidation sites excluding steroid dienone is 2. The Kier molecular flexibility index (Phi) is 4.60. The summed E-state index contributed by atoms with van der Waals surface area (Å²) < 4.78 is 7.77. The number of hydrogen-bond acceptors (Lipinski definition) is 0. The van der Waals surface area contributed by atoms with Crippen molar-refractivity contribution in [2.24, 2.45) is 0 Å². The maximum atomic E-state index is 2.46. The fourth-order valence-corrected chi connectivity index (χ4v) is 17.1. The Bertz CT molecular complexity index is 346. The molecule has 0 saturated carbocycles. The van der Waals surface area contributed by atoms with Gasteiger partial charge in [-0.15, -0.1) is 0 Å². The van der Waals surface area contributed by atoms with Crippen LogP contribution in [0.5, 0.6) is 0 Å². The van der Waals surface area contributed by atoms with E-state index in [2.05, 4.69) is 9.95 Å². The molecule has 0 radical (unpaired) electrons. The van der Waals surface area contributed by atoms with Crippen LogP contribution >= 0.6 is 0 Å². The maximum absolute atomic E-state index is 2.46. The molecule has 2 aliphatic heterocycles. The van der Waals surface area contributed by atoms with Crippen molar-refractivity contribution < 1.29 is 0 Å². The van der Waals surface area contributed by atoms with Crippen LogP contribution in [0, 0.1) is 0 Å². The van der Waals surface area contributed by atoms with E-state index in [1.54, 1.807) is 0 Å². The quantitative estimate of drug-likeness (QED) is 0.472. The molecule has 0 N–H and O–H groups in total. The molecule has 3 rings (SSSR count). The van der Waals surface area contributed by atoms with E-state index in [0.29, 0.717) is 0 Å². The van der Waals surface area contributed by atoms with Crippen LogP contribution in [0.3, 0.4) is 0 Å². The zero-order valence-corrected chi connectivity index (χ0v) is 15.9. The van der Waals surface area contributed by atoms with Crippen molar-refractivity contribution in [2.45, 2.75) is 38.5 Å². The zero-order valence-electron chi connectivity index (χ0n) is 9.03. The summed E-state index contributed by atoms with van der Waals surface area (Å²) in [5.41, 5.74) is 0. The Morgan fingerprint density at radius 3 is 1.81 bits per heavy atom. The molecule has 0 aromatic carbocycles. The average molecular weight is 474 g/mol. The standard InChI is InChI=1S/C12H14Se4/c1-2-4-6-10-9(5-3-1)15-12(16-10)11-13-7-8-14-11/h7-8H,1-6H2. The first kappa shape index (κ1) is 12.3. The van der Waals surface area contributed by atoms with Gasteiger partial charge in [-0.25, -0.2) is 0 Å². The summed E-state index contributed by atoms with van der Waals surface area (Å²) >= 11 is 3.13. The summed E-state index contributed by atoms with van der Waals surface area (Å²) in [6.45, 7) is 0. The molecular formula is C12H14Se4. The van der Waals surface area contributed by atoms with Crippen molar-refractivity contribution in [1.29, 1.82) is 0 Å². The number of rotatable bonds is 0. The van der Waals surface area contributed by atoms with Crippen LogP contribution in [-0.2, 0) is 0 Å². The van der Waals surface area contributed by atoms with Gasteiger partial charge in [0.1, 0.15) is 0 Å². The predicted molar refractivity (Wildman–Crippen MR) is 73.9 cm³/mol. The molecular weight excluding hydrogens is 460 g/mol. The van der Waals surface area contributed by atoms with Crippen LogP contribution in [0.4, 0.5) is 0 Å². The van der Waals surface area contributed by atoms with Crippen molar-refractivity contribution in [1.82, 2.24) is 0 Å². The Morgan fingerprint density at radius 1 is 0.688 bits per heavy atom. The molecule has 3 aliphatic rings. The molecule has 2 heterocycles. The summed E-state index contributed by atoms with van der Waals surface area (Å²) in [5, 5.41) is 0. The molecule has 0 fully saturated rings. The summed E-state index contributed by atoms with van der Waals surface area (Å²) in [6, 6.07) is 0. The van der Waals surface area contributed by atoms with Gasteiger partial charge in [0.2, 0.25) is 0 Å². The average Bonchev–Trinajstić information content (AvgIpc) is 2.86. The van der Waals surface area contributed by atoms with Gasteiger partial charge < -0.3 is 0 Å². The molecule has 0 saturated heterocycles. The Hall–Kier alpha value is 1.30. The molecule has 0 amide bonds. The molecule has 86 valence electrons. The molecule has 4 heteroatoms. The number of hydrogen-bond donors (Lipinski definition) is 0. The molecule has 0 bridgehead atoms. The fourth-order valence-electron chi connectivity index (χ4n) is 2.05. The van der Waals surface area contributed by atoms with E-state index in [4.69, 9.17) is 0 Å². The minimum atomic E-state index is 0.763. The SMILES string of the molecule is C1=C[Se]C(=C2[Se]C3=C(CCCCCC3)[Se]2)[Se]1. The summed E-state index contributed by atoms with van der Waals surface area (Å²) in [4.78, 5) is 4.91. The van der Waals surface area contributed by atoms with E-state index >= 15 is 0 Å². The van der Waals surface area contributed by atoms with Gasteiger partial charge in [0, 0.05) is 0 Å². The van der Waals surface area contributed by atoms with Crippen molar-refractivity contribution in [3.05, 3.63) is 25.6 Å². The van der Waals surface area contributed by atoms with Crippen molar-refractivity contribution in [3.63, 3.8) is 0 Å². The molecule has 0 atom stereocenters. The van der Waals surface area contributed by atoms with Crippen LogP contribution in [0.25, 0.3) is 0 Å². The predicted octanol–water partition coefficient (Wildman–Crippen LogP) is 1.99. The third-order valence-electron chi connectivity index (χ3n) is 2.87. The van der Waals surface area contributed by atoms with Crippen LogP contribution in [0.2, 0.25) is 0 Å². The molecule has 0 aromatic heterocycles. The molecule has 0 nitrogen and oxygen atoms in total. The summed E-state index contributed by atoms with van der Waals surface area (Å²) in [5.74, 6) is 0. The van der Waals surface area contributed by atoms with Gasteiger partial charge in [0.05, 0.1) is 0 Å². The van der Waals surface area contributed by atoms with Gasteiger partial charge in [-0.3, -0.25) is 0 Å². The van der Waals surface area contributed by atoms with E-state index < -0.39 is 0 Å². The second-order valence-electron chi connectivity index (χ2n) is 4.05. The van der Waals surface area contributed by atoms with Crippen molar-refractivity contribution >= 4 is 59.8 Å². The third-order valence-corrected chi connectivity index (χ3v) is 18.4. The van der Waals surface area contributed by atoms with E-state index in [0.717, 1.165) is 59.8 Å². The second kappa shape index (κ2) is 5.96. The first-order chi connectivity index (χ1) is 7.93. The Labute approximate surface area is 123 Å². The van der Waals surface area contributed by atoms with E-state index in [-0.39, 0.29) is 0 Å². The second-order valence-corrected chi connectivity index (χ2v) is 15.1. The summed E-state index contributed by atoms with van der Waals surface area (Å²) in [7, 11) is 0. The van der Waals surface area contributed by atoms with Gasteiger partial charge in [0.15, 0.2) is 0 Å². The monoisotopic (exact) mass is 478 g/mol. The van der Waals surface area contributed by atoms with E-state index in [1.165, 1.54) is 38.5 Å². The summed E-state index contributed by atoms with van der Waals surface area (Å²) in [6.07, 6.45) is 8.85. The zero-order chi connectivity index (χ0) is 10.8. The molecule has 0 unspecified atom stereocenters. The van der Waals surface area contributed by atoms with Gasteiger partial charge in [0.25, 0.3) is 0 Å². The first-order valence-electron chi connectivity index (χ1n) is 5.74. The normalized spacial score (nSPS) is 26.0. The topological polar surface area (TPSA) is 0 Å². The van der Waals surface area contributed by atoms with Crippen molar-refractivity contribution in [2.75, 3.05) is 0 Å². The van der Waals surface area contributed by atoms with E-state index in [9.17, 15) is 0 Å². The minimum absolute atomic E-state index is 0.763. The molecule has 0 spiro atoms. The fraction of sp³-hybridized carbons (Fsp3) is 0.500. The molecule has 1 aliphatic carbocycles. The van der Waals surface area contributed by atoms with Crippen LogP contribution in [-0.4, -0.2) is 59.8 Å². The van der Waals surface area contributed by atoms with Crippen molar-refractivity contribution in [3.8, 4) is 0 Å². The van der Waals surface area contributed by atoms with Crippen LogP contribution in [0.15, 0.2) is 25.6 Å². The van der Waals surface area contributed by atoms with Gasteiger partial charge in [-0.2, -0.15) is 0 Å². The third kappa shape index (κ3) is 2.82. The van der Waals surface area contributed by atoms with Gasteiger partial charge >= 0.3 is 124 Å². The van der Waals surface area contributed by atoms with Crippen LogP contribution in [0.1, 0.15) is 38.5 Å². The van der Waals surface area contributed by atoms with Gasteiger partial charge in [-0.05, 0) is 0 Å². The van der Waals surface area contributed by atoms with Crippen LogP contribution < -0.4 is 0 Å².